The quantitative estimate of drug-likeness (QED) is 0.344. The maximum Gasteiger partial charge on any atom is 0.393 e. The first-order valence-electron chi connectivity index (χ1n) is 9.05. The Morgan fingerprint density at radius 1 is 1.22 bits per heavy atom. The van der Waals surface area contributed by atoms with E-state index in [0.717, 1.165) is 26.0 Å². The van der Waals surface area contributed by atoms with E-state index in [1.165, 1.54) is 23.9 Å². The molecular formula is C20H17BrF4N4O3. The molecule has 2 amide bonds. The Hall–Kier alpha value is -3.20. The minimum Gasteiger partial charge on any atom is -0.346 e. The van der Waals surface area contributed by atoms with Gasteiger partial charge in [0.25, 0.3) is 17.6 Å². The standard InChI is InChI=1S/C20H17BrF4N4O3/c1-9(20(23,24)25)10(2)27-19(32)17(30)13-8-29(3)16(15(13)21)18(31)28-12-4-5-14(22)11(6-12)7-26/h4-6,8-10H,1-3H3,(H,27,32)(H,28,31). The van der Waals surface area contributed by atoms with Crippen molar-refractivity contribution in [3.63, 3.8) is 0 Å². The molecule has 0 bridgehead atoms. The van der Waals surface area contributed by atoms with Crippen molar-refractivity contribution in [1.29, 1.82) is 5.26 Å². The van der Waals surface area contributed by atoms with Gasteiger partial charge in [-0.3, -0.25) is 14.4 Å². The number of benzene rings is 1. The van der Waals surface area contributed by atoms with Gasteiger partial charge < -0.3 is 15.2 Å². The molecule has 2 atom stereocenters. The summed E-state index contributed by atoms with van der Waals surface area (Å²) in [7, 11) is 1.41. The smallest absolute Gasteiger partial charge is 0.346 e. The van der Waals surface area contributed by atoms with Gasteiger partial charge in [0, 0.05) is 25.0 Å². The number of nitrogens with zero attached hydrogens (tertiary/aromatic N) is 2. The summed E-state index contributed by atoms with van der Waals surface area (Å²) in [5.74, 6) is -5.79. The summed E-state index contributed by atoms with van der Waals surface area (Å²) in [5.41, 5.74) is -0.496. The average molecular weight is 517 g/mol. The number of nitriles is 1. The molecular weight excluding hydrogens is 500 g/mol. The Kier molecular flexibility index (Phi) is 7.46. The molecule has 0 fully saturated rings. The zero-order valence-electron chi connectivity index (χ0n) is 17.0. The third-order valence-electron chi connectivity index (χ3n) is 4.76. The molecule has 32 heavy (non-hydrogen) atoms. The van der Waals surface area contributed by atoms with Crippen molar-refractivity contribution in [3.05, 3.63) is 51.5 Å². The normalized spacial score (nSPS) is 13.1. The molecule has 170 valence electrons. The molecule has 2 unspecified atom stereocenters. The molecule has 1 heterocycles. The van der Waals surface area contributed by atoms with Crippen LogP contribution in [0.4, 0.5) is 23.2 Å². The number of carbonyl (C=O) groups excluding carboxylic acids is 3. The first kappa shape index (κ1) is 25.1. The molecule has 0 saturated heterocycles. The van der Waals surface area contributed by atoms with Gasteiger partial charge >= 0.3 is 6.18 Å². The third kappa shape index (κ3) is 5.34. The fraction of sp³-hybridized carbons (Fsp3) is 0.300. The molecule has 2 N–H and O–H groups in total. The van der Waals surface area contributed by atoms with E-state index in [1.807, 2.05) is 5.32 Å². The van der Waals surface area contributed by atoms with Crippen LogP contribution < -0.4 is 10.6 Å². The number of Topliss-reactive ketones (excluding diaryl/α,β-unsaturated/α-hetero) is 1. The summed E-state index contributed by atoms with van der Waals surface area (Å²) in [6, 6.07) is 3.62. The molecule has 0 aliphatic carbocycles. The fourth-order valence-corrected chi connectivity index (χ4v) is 3.44. The van der Waals surface area contributed by atoms with Crippen LogP contribution in [-0.4, -0.2) is 34.4 Å². The molecule has 0 radical (unpaired) electrons. The number of nitrogens with one attached hydrogen (secondary N) is 2. The van der Waals surface area contributed by atoms with Crippen molar-refractivity contribution in [2.75, 3.05) is 5.32 Å². The zero-order valence-corrected chi connectivity index (χ0v) is 18.6. The Labute approximate surface area is 188 Å². The van der Waals surface area contributed by atoms with Crippen LogP contribution >= 0.6 is 15.9 Å². The minimum absolute atomic E-state index is 0.0585. The van der Waals surface area contributed by atoms with Crippen LogP contribution in [0.3, 0.4) is 0 Å². The van der Waals surface area contributed by atoms with Crippen molar-refractivity contribution >= 4 is 39.2 Å². The van der Waals surface area contributed by atoms with Gasteiger partial charge in [0.05, 0.1) is 21.5 Å². The van der Waals surface area contributed by atoms with E-state index in [0.29, 0.717) is 0 Å². The molecule has 7 nitrogen and oxygen atoms in total. The van der Waals surface area contributed by atoms with E-state index >= 15 is 0 Å². The van der Waals surface area contributed by atoms with E-state index in [9.17, 15) is 31.9 Å². The van der Waals surface area contributed by atoms with Crippen LogP contribution in [0.2, 0.25) is 0 Å². The molecule has 1 aromatic carbocycles. The van der Waals surface area contributed by atoms with Crippen molar-refractivity contribution in [2.45, 2.75) is 26.1 Å². The number of halogens is 5. The van der Waals surface area contributed by atoms with E-state index < -0.39 is 41.6 Å². The minimum atomic E-state index is -4.56. The van der Waals surface area contributed by atoms with E-state index in [1.54, 1.807) is 6.07 Å². The fourth-order valence-electron chi connectivity index (χ4n) is 2.70. The predicted molar refractivity (Wildman–Crippen MR) is 109 cm³/mol. The van der Waals surface area contributed by atoms with Crippen LogP contribution in [0.1, 0.15) is 40.3 Å². The summed E-state index contributed by atoms with van der Waals surface area (Å²) in [6.07, 6.45) is -3.38. The predicted octanol–water partition coefficient (Wildman–Crippen LogP) is 3.94. The number of amides is 2. The number of aryl methyl sites for hydroxylation is 1. The largest absolute Gasteiger partial charge is 0.393 e. The van der Waals surface area contributed by atoms with E-state index in [2.05, 4.69) is 21.2 Å². The SMILES string of the molecule is CC(NC(=O)C(=O)c1cn(C)c(C(=O)Nc2ccc(F)c(C#N)c2)c1Br)C(C)C(F)(F)F. The monoisotopic (exact) mass is 516 g/mol. The van der Waals surface area contributed by atoms with Gasteiger partial charge in [0.1, 0.15) is 17.6 Å². The highest BCUT2D eigenvalue weighted by Crippen LogP contribution is 2.29. The Morgan fingerprint density at radius 2 is 1.84 bits per heavy atom. The van der Waals surface area contributed by atoms with Crippen LogP contribution in [0, 0.1) is 23.1 Å². The zero-order chi connectivity index (χ0) is 24.4. The summed E-state index contributed by atoms with van der Waals surface area (Å²) in [5, 5.41) is 13.4. The van der Waals surface area contributed by atoms with Gasteiger partial charge in [-0.2, -0.15) is 18.4 Å². The van der Waals surface area contributed by atoms with Gasteiger partial charge in [-0.05, 0) is 41.1 Å². The second kappa shape index (κ2) is 9.52. The summed E-state index contributed by atoms with van der Waals surface area (Å²) < 4.78 is 53.0. The number of rotatable bonds is 6. The lowest BCUT2D eigenvalue weighted by atomic mass is 10.0. The summed E-state index contributed by atoms with van der Waals surface area (Å²) >= 11 is 3.08. The van der Waals surface area contributed by atoms with Crippen molar-refractivity contribution in [1.82, 2.24) is 9.88 Å². The number of ketones is 1. The number of hydrogen-bond acceptors (Lipinski definition) is 4. The maximum atomic E-state index is 13.4. The highest BCUT2D eigenvalue weighted by molar-refractivity contribution is 9.10. The van der Waals surface area contributed by atoms with Gasteiger partial charge in [-0.15, -0.1) is 0 Å². The van der Waals surface area contributed by atoms with Gasteiger partial charge in [-0.1, -0.05) is 6.92 Å². The number of anilines is 1. The topological polar surface area (TPSA) is 104 Å². The van der Waals surface area contributed by atoms with Crippen LogP contribution in [-0.2, 0) is 11.8 Å². The molecule has 0 saturated carbocycles. The Morgan fingerprint density at radius 3 is 2.41 bits per heavy atom. The van der Waals surface area contributed by atoms with Crippen LogP contribution in [0.25, 0.3) is 0 Å². The molecule has 1 aromatic heterocycles. The van der Waals surface area contributed by atoms with Gasteiger partial charge in [0.2, 0.25) is 0 Å². The summed E-state index contributed by atoms with van der Waals surface area (Å²) in [4.78, 5) is 37.3. The summed E-state index contributed by atoms with van der Waals surface area (Å²) in [6.45, 7) is 2.00. The highest BCUT2D eigenvalue weighted by atomic mass is 79.9. The maximum absolute atomic E-state index is 13.4. The highest BCUT2D eigenvalue weighted by Gasteiger charge is 2.40. The molecule has 2 aromatic rings. The molecule has 0 aliphatic heterocycles. The Balaban J connectivity index is 2.23. The molecule has 0 aliphatic rings. The average Bonchev–Trinajstić information content (AvgIpc) is 3.01. The third-order valence-corrected chi connectivity index (χ3v) is 5.56. The van der Waals surface area contributed by atoms with Crippen LogP contribution in [0.15, 0.2) is 28.9 Å². The number of alkyl halides is 3. The van der Waals surface area contributed by atoms with Crippen molar-refractivity contribution in [3.8, 4) is 6.07 Å². The van der Waals surface area contributed by atoms with E-state index in [-0.39, 0.29) is 27.0 Å². The molecule has 0 spiro atoms. The Bertz CT molecular complexity index is 1120. The van der Waals surface area contributed by atoms with E-state index in [4.69, 9.17) is 5.26 Å². The van der Waals surface area contributed by atoms with Crippen molar-refractivity contribution < 1.29 is 31.9 Å². The number of hydrogen-bond donors (Lipinski definition) is 2. The second-order valence-electron chi connectivity index (χ2n) is 7.00. The molecule has 12 heteroatoms. The first-order valence-corrected chi connectivity index (χ1v) is 9.85. The van der Waals surface area contributed by atoms with Crippen LogP contribution in [0.5, 0.6) is 0 Å². The lowest BCUT2D eigenvalue weighted by molar-refractivity contribution is -0.176. The number of aromatic nitrogens is 1. The lowest BCUT2D eigenvalue weighted by Crippen LogP contribution is -2.45. The second-order valence-corrected chi connectivity index (χ2v) is 7.79. The van der Waals surface area contributed by atoms with Crippen molar-refractivity contribution in [2.24, 2.45) is 13.0 Å². The number of carbonyl (C=O) groups is 3. The van der Waals surface area contributed by atoms with Gasteiger partial charge in [0.15, 0.2) is 0 Å². The molecule has 2 rings (SSSR count). The lowest BCUT2D eigenvalue weighted by Gasteiger charge is -2.23. The first-order chi connectivity index (χ1) is 14.8. The van der Waals surface area contributed by atoms with Gasteiger partial charge in [-0.25, -0.2) is 4.39 Å².